The SMILES string of the molecule is Cc1ccc(-c2nnn(CC(=O)NC3C4CCCC3CC(N)C4)n2)cc1. The van der Waals surface area contributed by atoms with E-state index in [-0.39, 0.29) is 24.5 Å². The highest BCUT2D eigenvalue weighted by atomic mass is 16.2. The molecule has 1 heterocycles. The van der Waals surface area contributed by atoms with E-state index in [2.05, 4.69) is 20.7 Å². The zero-order valence-electron chi connectivity index (χ0n) is 15.1. The predicted octanol–water partition coefficient (Wildman–Crippen LogP) is 1.67. The minimum atomic E-state index is -0.0461. The Hall–Kier alpha value is -2.28. The Bertz CT molecular complexity index is 757. The molecule has 1 aromatic carbocycles. The van der Waals surface area contributed by atoms with E-state index < -0.39 is 0 Å². The molecule has 2 aromatic rings. The molecule has 2 unspecified atom stereocenters. The first-order valence-corrected chi connectivity index (χ1v) is 9.48. The average Bonchev–Trinajstić information content (AvgIpc) is 3.04. The predicted molar refractivity (Wildman–Crippen MR) is 98.0 cm³/mol. The highest BCUT2D eigenvalue weighted by molar-refractivity contribution is 5.76. The summed E-state index contributed by atoms with van der Waals surface area (Å²) in [5.74, 6) is 1.51. The summed E-state index contributed by atoms with van der Waals surface area (Å²) in [5.41, 5.74) is 8.24. The van der Waals surface area contributed by atoms with Crippen molar-refractivity contribution in [1.82, 2.24) is 25.5 Å². The van der Waals surface area contributed by atoms with E-state index in [9.17, 15) is 4.79 Å². The van der Waals surface area contributed by atoms with E-state index in [1.165, 1.54) is 16.8 Å². The molecule has 2 fully saturated rings. The Balaban J connectivity index is 1.39. The summed E-state index contributed by atoms with van der Waals surface area (Å²) in [6.45, 7) is 2.13. The molecule has 0 radical (unpaired) electrons. The van der Waals surface area contributed by atoms with Crippen molar-refractivity contribution < 1.29 is 4.79 Å². The van der Waals surface area contributed by atoms with Gasteiger partial charge in [-0.25, -0.2) is 0 Å². The lowest BCUT2D eigenvalue weighted by Gasteiger charge is -2.45. The van der Waals surface area contributed by atoms with Gasteiger partial charge in [0.25, 0.3) is 0 Å². The van der Waals surface area contributed by atoms with Crippen LogP contribution in [0.4, 0.5) is 0 Å². The second-order valence-electron chi connectivity index (χ2n) is 7.79. The van der Waals surface area contributed by atoms with Gasteiger partial charge in [-0.15, -0.1) is 10.2 Å². The van der Waals surface area contributed by atoms with Gasteiger partial charge in [-0.1, -0.05) is 36.2 Å². The Morgan fingerprint density at radius 2 is 1.92 bits per heavy atom. The van der Waals surface area contributed by atoms with E-state index in [4.69, 9.17) is 5.73 Å². The number of rotatable bonds is 4. The molecular weight excluding hydrogens is 328 g/mol. The van der Waals surface area contributed by atoms with E-state index in [0.717, 1.165) is 31.2 Å². The molecular formula is C19H26N6O. The van der Waals surface area contributed by atoms with Crippen molar-refractivity contribution in [3.8, 4) is 11.4 Å². The number of amides is 1. The van der Waals surface area contributed by atoms with Gasteiger partial charge in [0.1, 0.15) is 6.54 Å². The molecule has 4 rings (SSSR count). The third kappa shape index (κ3) is 3.62. The summed E-state index contributed by atoms with van der Waals surface area (Å²) in [7, 11) is 0. The first-order valence-electron chi connectivity index (χ1n) is 9.48. The van der Waals surface area contributed by atoms with Gasteiger partial charge in [0.05, 0.1) is 0 Å². The third-order valence-electron chi connectivity index (χ3n) is 5.75. The fourth-order valence-electron chi connectivity index (χ4n) is 4.51. The van der Waals surface area contributed by atoms with Crippen LogP contribution >= 0.6 is 0 Å². The average molecular weight is 354 g/mol. The van der Waals surface area contributed by atoms with Gasteiger partial charge in [0.2, 0.25) is 11.7 Å². The smallest absolute Gasteiger partial charge is 0.243 e. The van der Waals surface area contributed by atoms with Gasteiger partial charge in [-0.05, 0) is 49.7 Å². The molecule has 0 aliphatic heterocycles. The lowest BCUT2D eigenvalue weighted by molar-refractivity contribution is -0.124. The maximum absolute atomic E-state index is 12.5. The highest BCUT2D eigenvalue weighted by Gasteiger charge is 2.39. The fraction of sp³-hybridized carbons (Fsp3) is 0.579. The molecule has 2 aliphatic carbocycles. The minimum absolute atomic E-state index is 0.0461. The molecule has 2 aliphatic rings. The second-order valence-corrected chi connectivity index (χ2v) is 7.79. The van der Waals surface area contributed by atoms with Crippen molar-refractivity contribution in [2.24, 2.45) is 17.6 Å². The Kier molecular flexibility index (Phi) is 4.72. The van der Waals surface area contributed by atoms with Crippen LogP contribution in [0.3, 0.4) is 0 Å². The van der Waals surface area contributed by atoms with E-state index in [1.54, 1.807) is 0 Å². The largest absolute Gasteiger partial charge is 0.351 e. The number of benzene rings is 1. The monoisotopic (exact) mass is 354 g/mol. The molecule has 1 aromatic heterocycles. The van der Waals surface area contributed by atoms with Gasteiger partial charge in [0, 0.05) is 17.6 Å². The Labute approximate surface area is 153 Å². The molecule has 7 nitrogen and oxygen atoms in total. The molecule has 3 N–H and O–H groups in total. The fourth-order valence-corrected chi connectivity index (χ4v) is 4.51. The minimum Gasteiger partial charge on any atom is -0.351 e. The first kappa shape index (κ1) is 17.1. The molecule has 0 spiro atoms. The molecule has 2 atom stereocenters. The number of carbonyl (C=O) groups is 1. The number of tetrazole rings is 1. The zero-order chi connectivity index (χ0) is 18.1. The lowest BCUT2D eigenvalue weighted by Crippen LogP contribution is -2.54. The quantitative estimate of drug-likeness (QED) is 0.870. The van der Waals surface area contributed by atoms with Crippen molar-refractivity contribution in [1.29, 1.82) is 0 Å². The number of fused-ring (bicyclic) bond motifs is 2. The Morgan fingerprint density at radius 3 is 2.62 bits per heavy atom. The van der Waals surface area contributed by atoms with Crippen LogP contribution in [0.25, 0.3) is 11.4 Å². The van der Waals surface area contributed by atoms with Gasteiger partial charge in [0.15, 0.2) is 0 Å². The number of aromatic nitrogens is 4. The zero-order valence-corrected chi connectivity index (χ0v) is 15.1. The molecule has 138 valence electrons. The molecule has 26 heavy (non-hydrogen) atoms. The lowest BCUT2D eigenvalue weighted by atomic mass is 9.67. The summed E-state index contributed by atoms with van der Waals surface area (Å²) < 4.78 is 0. The number of aryl methyl sites for hydroxylation is 1. The van der Waals surface area contributed by atoms with E-state index >= 15 is 0 Å². The van der Waals surface area contributed by atoms with Crippen molar-refractivity contribution in [2.75, 3.05) is 0 Å². The summed E-state index contributed by atoms with van der Waals surface area (Å²) in [6, 6.07) is 8.47. The molecule has 7 heteroatoms. The van der Waals surface area contributed by atoms with Crippen LogP contribution in [0.2, 0.25) is 0 Å². The number of hydrogen-bond acceptors (Lipinski definition) is 5. The van der Waals surface area contributed by atoms with Crippen LogP contribution in [0.1, 0.15) is 37.7 Å². The summed E-state index contributed by atoms with van der Waals surface area (Å²) in [6.07, 6.45) is 5.60. The van der Waals surface area contributed by atoms with Crippen LogP contribution in [-0.2, 0) is 11.3 Å². The molecule has 2 bridgehead atoms. The van der Waals surface area contributed by atoms with Crippen LogP contribution < -0.4 is 11.1 Å². The van der Waals surface area contributed by atoms with Gasteiger partial charge in [-0.3, -0.25) is 4.79 Å². The number of nitrogens with two attached hydrogens (primary N) is 1. The van der Waals surface area contributed by atoms with E-state index in [0.29, 0.717) is 17.7 Å². The number of hydrogen-bond donors (Lipinski definition) is 2. The third-order valence-corrected chi connectivity index (χ3v) is 5.75. The number of carbonyl (C=O) groups excluding carboxylic acids is 1. The van der Waals surface area contributed by atoms with Crippen molar-refractivity contribution in [2.45, 2.75) is 57.7 Å². The normalized spacial score (nSPS) is 27.9. The van der Waals surface area contributed by atoms with Crippen molar-refractivity contribution >= 4 is 5.91 Å². The standard InChI is InChI=1S/C19H26N6O/c1-12-5-7-13(8-6-12)19-22-24-25(23-19)11-17(26)21-18-14-3-2-4-15(18)10-16(20)9-14/h5-8,14-16,18H,2-4,9-11,20H2,1H3,(H,21,26). The van der Waals surface area contributed by atoms with Crippen LogP contribution in [0.5, 0.6) is 0 Å². The van der Waals surface area contributed by atoms with Crippen LogP contribution in [0, 0.1) is 18.8 Å². The molecule has 1 amide bonds. The van der Waals surface area contributed by atoms with Crippen molar-refractivity contribution in [3.05, 3.63) is 29.8 Å². The van der Waals surface area contributed by atoms with Gasteiger partial charge < -0.3 is 11.1 Å². The van der Waals surface area contributed by atoms with Crippen LogP contribution in [-0.4, -0.2) is 38.2 Å². The van der Waals surface area contributed by atoms with E-state index in [1.807, 2.05) is 31.2 Å². The first-order chi connectivity index (χ1) is 12.6. The maximum Gasteiger partial charge on any atom is 0.243 e. The van der Waals surface area contributed by atoms with Gasteiger partial charge >= 0.3 is 0 Å². The maximum atomic E-state index is 12.5. The topological polar surface area (TPSA) is 98.7 Å². The summed E-state index contributed by atoms with van der Waals surface area (Å²) >= 11 is 0. The summed E-state index contributed by atoms with van der Waals surface area (Å²) in [4.78, 5) is 13.9. The summed E-state index contributed by atoms with van der Waals surface area (Å²) in [5, 5.41) is 15.7. The van der Waals surface area contributed by atoms with Gasteiger partial charge in [-0.2, -0.15) is 4.80 Å². The highest BCUT2D eigenvalue weighted by Crippen LogP contribution is 2.39. The number of nitrogens with one attached hydrogen (secondary N) is 1. The van der Waals surface area contributed by atoms with Crippen molar-refractivity contribution in [3.63, 3.8) is 0 Å². The second kappa shape index (κ2) is 7.15. The Morgan fingerprint density at radius 1 is 1.23 bits per heavy atom. The van der Waals surface area contributed by atoms with Crippen LogP contribution in [0.15, 0.2) is 24.3 Å². The number of nitrogens with zero attached hydrogens (tertiary/aromatic N) is 4. The molecule has 2 saturated carbocycles. The molecule has 0 saturated heterocycles.